The van der Waals surface area contributed by atoms with E-state index >= 15 is 0 Å². The first kappa shape index (κ1) is 11.6. The summed E-state index contributed by atoms with van der Waals surface area (Å²) in [6.07, 6.45) is 1.03. The summed E-state index contributed by atoms with van der Waals surface area (Å²) >= 11 is 0. The van der Waals surface area contributed by atoms with Crippen molar-refractivity contribution in [3.8, 4) is 0 Å². The molecule has 4 nitrogen and oxygen atoms in total. The van der Waals surface area contributed by atoms with E-state index in [0.717, 1.165) is 0 Å². The predicted molar refractivity (Wildman–Crippen MR) is 58.9 cm³/mol. The number of carboxylic acids is 1. The van der Waals surface area contributed by atoms with Crippen LogP contribution in [0.2, 0.25) is 0 Å². The summed E-state index contributed by atoms with van der Waals surface area (Å²) in [5.74, 6) is -1.65. The Hall–Kier alpha value is -1.91. The lowest BCUT2D eigenvalue weighted by Gasteiger charge is -2.12. The molecule has 0 aliphatic heterocycles. The van der Waals surface area contributed by atoms with E-state index in [1.165, 1.54) is 24.3 Å². The maximum Gasteiger partial charge on any atom is 0.304 e. The van der Waals surface area contributed by atoms with Crippen LogP contribution >= 0.6 is 0 Å². The molecule has 17 heavy (non-hydrogen) atoms. The molecule has 1 aromatic carbocycles. The SMILES string of the molecule is O=C(O)CC1(C(=O)Nc2ccc(F)cc2)CC1. The lowest BCUT2D eigenvalue weighted by atomic mass is 10.0. The minimum absolute atomic E-state index is 0.153. The minimum atomic E-state index is -0.975. The second kappa shape index (κ2) is 4.16. The van der Waals surface area contributed by atoms with Gasteiger partial charge in [0.05, 0.1) is 11.8 Å². The highest BCUT2D eigenvalue weighted by molar-refractivity contribution is 5.99. The lowest BCUT2D eigenvalue weighted by molar-refractivity contribution is -0.140. The van der Waals surface area contributed by atoms with E-state index in [4.69, 9.17) is 5.11 Å². The summed E-state index contributed by atoms with van der Waals surface area (Å²) < 4.78 is 12.7. The van der Waals surface area contributed by atoms with Crippen molar-refractivity contribution < 1.29 is 19.1 Å². The molecule has 0 saturated heterocycles. The topological polar surface area (TPSA) is 66.4 Å². The fourth-order valence-corrected chi connectivity index (χ4v) is 1.72. The fourth-order valence-electron chi connectivity index (χ4n) is 1.72. The third kappa shape index (κ3) is 2.61. The largest absolute Gasteiger partial charge is 0.481 e. The Morgan fingerprint density at radius 3 is 2.35 bits per heavy atom. The summed E-state index contributed by atoms with van der Waals surface area (Å²) in [7, 11) is 0. The maximum atomic E-state index is 12.7. The monoisotopic (exact) mass is 237 g/mol. The van der Waals surface area contributed by atoms with Crippen molar-refractivity contribution in [2.75, 3.05) is 5.32 Å². The molecule has 0 spiro atoms. The highest BCUT2D eigenvalue weighted by atomic mass is 19.1. The summed E-state index contributed by atoms with van der Waals surface area (Å²) in [4.78, 5) is 22.5. The van der Waals surface area contributed by atoms with Gasteiger partial charge in [-0.1, -0.05) is 0 Å². The van der Waals surface area contributed by atoms with E-state index in [1.807, 2.05) is 0 Å². The van der Waals surface area contributed by atoms with Crippen molar-refractivity contribution in [2.24, 2.45) is 5.41 Å². The molecule has 1 saturated carbocycles. The quantitative estimate of drug-likeness (QED) is 0.841. The number of amides is 1. The van der Waals surface area contributed by atoms with Gasteiger partial charge in [-0.15, -0.1) is 0 Å². The lowest BCUT2D eigenvalue weighted by Crippen LogP contribution is -2.26. The first-order valence-electron chi connectivity index (χ1n) is 5.31. The van der Waals surface area contributed by atoms with Gasteiger partial charge in [0.25, 0.3) is 0 Å². The number of carbonyl (C=O) groups excluding carboxylic acids is 1. The van der Waals surface area contributed by atoms with Crippen molar-refractivity contribution in [1.82, 2.24) is 0 Å². The Balaban J connectivity index is 2.02. The van der Waals surface area contributed by atoms with E-state index in [1.54, 1.807) is 0 Å². The zero-order valence-corrected chi connectivity index (χ0v) is 9.07. The Morgan fingerprint density at radius 2 is 1.88 bits per heavy atom. The average Bonchev–Trinajstić information content (AvgIpc) is 3.01. The van der Waals surface area contributed by atoms with Crippen molar-refractivity contribution in [3.63, 3.8) is 0 Å². The zero-order chi connectivity index (χ0) is 12.5. The van der Waals surface area contributed by atoms with Crippen LogP contribution in [0.25, 0.3) is 0 Å². The summed E-state index contributed by atoms with van der Waals surface area (Å²) in [6.45, 7) is 0. The molecule has 0 unspecified atom stereocenters. The number of anilines is 1. The molecular formula is C12H12FNO3. The third-order valence-corrected chi connectivity index (χ3v) is 2.93. The van der Waals surface area contributed by atoms with Gasteiger partial charge in [-0.3, -0.25) is 9.59 Å². The van der Waals surface area contributed by atoms with Crippen LogP contribution < -0.4 is 5.32 Å². The molecule has 1 aliphatic rings. The summed E-state index contributed by atoms with van der Waals surface area (Å²) in [5, 5.41) is 11.3. The molecular weight excluding hydrogens is 225 g/mol. The maximum absolute atomic E-state index is 12.7. The van der Waals surface area contributed by atoms with Crippen molar-refractivity contribution in [3.05, 3.63) is 30.1 Å². The van der Waals surface area contributed by atoms with Gasteiger partial charge in [-0.25, -0.2) is 4.39 Å². The van der Waals surface area contributed by atoms with Crippen LogP contribution in [0.4, 0.5) is 10.1 Å². The van der Waals surface area contributed by atoms with Crippen LogP contribution in [0.5, 0.6) is 0 Å². The number of nitrogens with one attached hydrogen (secondary N) is 1. The van der Waals surface area contributed by atoms with Crippen LogP contribution in [0.1, 0.15) is 19.3 Å². The molecule has 1 fully saturated rings. The second-order valence-electron chi connectivity index (χ2n) is 4.31. The molecule has 0 atom stereocenters. The molecule has 1 amide bonds. The Morgan fingerprint density at radius 1 is 1.29 bits per heavy atom. The van der Waals surface area contributed by atoms with Gasteiger partial charge in [0, 0.05) is 5.69 Å². The van der Waals surface area contributed by atoms with Gasteiger partial charge >= 0.3 is 5.97 Å². The molecule has 0 bridgehead atoms. The van der Waals surface area contributed by atoms with Crippen LogP contribution in [0.3, 0.4) is 0 Å². The number of carboxylic acid groups (broad SMARTS) is 1. The van der Waals surface area contributed by atoms with Gasteiger partial charge in [0.1, 0.15) is 5.82 Å². The van der Waals surface area contributed by atoms with Crippen molar-refractivity contribution >= 4 is 17.6 Å². The van der Waals surface area contributed by atoms with E-state index in [-0.39, 0.29) is 18.1 Å². The normalized spacial score (nSPS) is 16.3. The highest BCUT2D eigenvalue weighted by Crippen LogP contribution is 2.49. The van der Waals surface area contributed by atoms with Crippen LogP contribution in [-0.4, -0.2) is 17.0 Å². The van der Waals surface area contributed by atoms with Gasteiger partial charge in [0.15, 0.2) is 0 Å². The predicted octanol–water partition coefficient (Wildman–Crippen LogP) is 2.02. The van der Waals surface area contributed by atoms with E-state index in [0.29, 0.717) is 18.5 Å². The molecule has 0 heterocycles. The number of benzene rings is 1. The zero-order valence-electron chi connectivity index (χ0n) is 9.07. The number of halogens is 1. The highest BCUT2D eigenvalue weighted by Gasteiger charge is 2.51. The summed E-state index contributed by atoms with van der Waals surface area (Å²) in [5.41, 5.74) is -0.284. The Labute approximate surface area is 97.4 Å². The second-order valence-corrected chi connectivity index (χ2v) is 4.31. The number of hydrogen-bond acceptors (Lipinski definition) is 2. The smallest absolute Gasteiger partial charge is 0.304 e. The van der Waals surface area contributed by atoms with E-state index in [2.05, 4.69) is 5.32 Å². The first-order chi connectivity index (χ1) is 8.02. The minimum Gasteiger partial charge on any atom is -0.481 e. The number of hydrogen-bond donors (Lipinski definition) is 2. The number of aliphatic carboxylic acids is 1. The number of carbonyl (C=O) groups is 2. The fraction of sp³-hybridized carbons (Fsp3) is 0.333. The first-order valence-corrected chi connectivity index (χ1v) is 5.31. The molecule has 0 radical (unpaired) electrons. The Kier molecular flexibility index (Phi) is 2.83. The molecule has 0 aromatic heterocycles. The molecule has 1 aliphatic carbocycles. The third-order valence-electron chi connectivity index (χ3n) is 2.93. The molecule has 2 N–H and O–H groups in total. The van der Waals surface area contributed by atoms with Crippen molar-refractivity contribution in [2.45, 2.75) is 19.3 Å². The Bertz CT molecular complexity index is 451. The van der Waals surface area contributed by atoms with Gasteiger partial charge < -0.3 is 10.4 Å². The van der Waals surface area contributed by atoms with Crippen LogP contribution in [-0.2, 0) is 9.59 Å². The van der Waals surface area contributed by atoms with Crippen LogP contribution in [0.15, 0.2) is 24.3 Å². The molecule has 1 aromatic rings. The molecule has 90 valence electrons. The average molecular weight is 237 g/mol. The van der Waals surface area contributed by atoms with Gasteiger partial charge in [-0.05, 0) is 37.1 Å². The standard InChI is InChI=1S/C12H12FNO3/c13-8-1-3-9(4-2-8)14-11(17)12(5-6-12)7-10(15)16/h1-4H,5-7H2,(H,14,17)(H,15,16). The van der Waals surface area contributed by atoms with E-state index < -0.39 is 11.4 Å². The number of rotatable bonds is 4. The van der Waals surface area contributed by atoms with Crippen molar-refractivity contribution in [1.29, 1.82) is 0 Å². The van der Waals surface area contributed by atoms with Gasteiger partial charge in [0.2, 0.25) is 5.91 Å². The van der Waals surface area contributed by atoms with Gasteiger partial charge in [-0.2, -0.15) is 0 Å². The molecule has 5 heteroatoms. The molecule has 2 rings (SSSR count). The van der Waals surface area contributed by atoms with E-state index in [9.17, 15) is 14.0 Å². The summed E-state index contributed by atoms with van der Waals surface area (Å²) in [6, 6.07) is 5.38. The van der Waals surface area contributed by atoms with Crippen LogP contribution in [0, 0.1) is 11.2 Å².